The zero-order valence-corrected chi connectivity index (χ0v) is 13.4. The number of carbonyl (C=O) groups is 2. The van der Waals surface area contributed by atoms with E-state index in [4.69, 9.17) is 0 Å². The van der Waals surface area contributed by atoms with E-state index in [2.05, 4.69) is 5.32 Å². The summed E-state index contributed by atoms with van der Waals surface area (Å²) in [5, 5.41) is 12.1. The third-order valence-electron chi connectivity index (χ3n) is 4.88. The molecule has 120 valence electrons. The maximum atomic E-state index is 12.5. The van der Waals surface area contributed by atoms with E-state index in [9.17, 15) is 14.7 Å². The summed E-state index contributed by atoms with van der Waals surface area (Å²) in [6.45, 7) is 6.27. The largest absolute Gasteiger partial charge is 0.480 e. The minimum atomic E-state index is -0.965. The van der Waals surface area contributed by atoms with E-state index in [1.165, 1.54) is 25.7 Å². The Bertz CT molecular complexity index is 397. The Labute approximate surface area is 127 Å². The Balaban J connectivity index is 2.02. The Morgan fingerprint density at radius 2 is 1.76 bits per heavy atom. The lowest BCUT2D eigenvalue weighted by Gasteiger charge is -2.33. The Morgan fingerprint density at radius 1 is 1.14 bits per heavy atom. The van der Waals surface area contributed by atoms with Gasteiger partial charge in [0.15, 0.2) is 0 Å². The summed E-state index contributed by atoms with van der Waals surface area (Å²) >= 11 is 0. The van der Waals surface area contributed by atoms with E-state index in [-0.39, 0.29) is 6.03 Å². The fourth-order valence-electron chi connectivity index (χ4n) is 3.73. The van der Waals surface area contributed by atoms with Gasteiger partial charge in [0.05, 0.1) is 0 Å². The molecule has 5 nitrogen and oxygen atoms in total. The topological polar surface area (TPSA) is 69.6 Å². The summed E-state index contributed by atoms with van der Waals surface area (Å²) in [4.78, 5) is 25.8. The number of amides is 2. The molecule has 0 aromatic carbocycles. The predicted molar refractivity (Wildman–Crippen MR) is 81.1 cm³/mol. The summed E-state index contributed by atoms with van der Waals surface area (Å²) in [7, 11) is 0. The molecule has 1 aliphatic heterocycles. The van der Waals surface area contributed by atoms with Crippen molar-refractivity contribution in [2.45, 2.75) is 71.4 Å². The van der Waals surface area contributed by atoms with Crippen LogP contribution >= 0.6 is 0 Å². The Kier molecular flexibility index (Phi) is 4.79. The van der Waals surface area contributed by atoms with Crippen LogP contribution < -0.4 is 5.32 Å². The van der Waals surface area contributed by atoms with E-state index in [0.717, 1.165) is 19.4 Å². The van der Waals surface area contributed by atoms with E-state index < -0.39 is 17.4 Å². The maximum Gasteiger partial charge on any atom is 0.326 e. The number of rotatable bonds is 3. The summed E-state index contributed by atoms with van der Waals surface area (Å²) in [5.41, 5.74) is -0.496. The molecule has 2 amide bonds. The second-order valence-electron chi connectivity index (χ2n) is 7.53. The van der Waals surface area contributed by atoms with Gasteiger partial charge in [0, 0.05) is 12.6 Å². The van der Waals surface area contributed by atoms with Gasteiger partial charge in [-0.05, 0) is 37.0 Å². The number of nitrogens with zero attached hydrogens (tertiary/aromatic N) is 1. The molecule has 5 heteroatoms. The monoisotopic (exact) mass is 296 g/mol. The van der Waals surface area contributed by atoms with Crippen LogP contribution in [0.2, 0.25) is 0 Å². The minimum Gasteiger partial charge on any atom is -0.480 e. The van der Waals surface area contributed by atoms with Gasteiger partial charge in [-0.2, -0.15) is 0 Å². The molecule has 2 rings (SSSR count). The molecule has 1 saturated heterocycles. The first-order valence-electron chi connectivity index (χ1n) is 8.10. The molecule has 1 saturated carbocycles. The highest BCUT2D eigenvalue weighted by Gasteiger charge is 2.39. The standard InChI is InChI=1S/C16H28N2O3/c1-16(2,3)13(14(19)20)17-15(21)18-10-6-9-12(18)11-7-4-5-8-11/h11-13H,4-10H2,1-3H3,(H,17,21)(H,19,20)/t12?,13-/m0/s1. The summed E-state index contributed by atoms with van der Waals surface area (Å²) < 4.78 is 0. The van der Waals surface area contributed by atoms with Crippen molar-refractivity contribution in [1.82, 2.24) is 10.2 Å². The summed E-state index contributed by atoms with van der Waals surface area (Å²) in [5.74, 6) is -0.358. The smallest absolute Gasteiger partial charge is 0.326 e. The van der Waals surface area contributed by atoms with Crippen LogP contribution in [0.25, 0.3) is 0 Å². The van der Waals surface area contributed by atoms with Crippen molar-refractivity contribution in [1.29, 1.82) is 0 Å². The third-order valence-corrected chi connectivity index (χ3v) is 4.88. The lowest BCUT2D eigenvalue weighted by Crippen LogP contribution is -2.54. The molecule has 0 aromatic rings. The fraction of sp³-hybridized carbons (Fsp3) is 0.875. The number of hydrogen-bond acceptors (Lipinski definition) is 2. The van der Waals surface area contributed by atoms with Crippen molar-refractivity contribution in [3.8, 4) is 0 Å². The number of urea groups is 1. The van der Waals surface area contributed by atoms with Crippen LogP contribution in [0.3, 0.4) is 0 Å². The zero-order valence-electron chi connectivity index (χ0n) is 13.4. The van der Waals surface area contributed by atoms with Crippen LogP contribution in [0.15, 0.2) is 0 Å². The summed E-state index contributed by atoms with van der Waals surface area (Å²) in [6, 6.07) is -0.747. The number of carboxylic acid groups (broad SMARTS) is 1. The highest BCUT2D eigenvalue weighted by molar-refractivity contribution is 5.83. The molecule has 2 aliphatic rings. The molecule has 1 heterocycles. The number of nitrogens with one attached hydrogen (secondary N) is 1. The first-order chi connectivity index (χ1) is 9.80. The second kappa shape index (κ2) is 6.24. The van der Waals surface area contributed by atoms with Gasteiger partial charge < -0.3 is 15.3 Å². The second-order valence-corrected chi connectivity index (χ2v) is 7.53. The van der Waals surface area contributed by atoms with Gasteiger partial charge in [-0.1, -0.05) is 33.6 Å². The molecular weight excluding hydrogens is 268 g/mol. The van der Waals surface area contributed by atoms with Crippen molar-refractivity contribution in [2.24, 2.45) is 11.3 Å². The molecule has 0 radical (unpaired) electrons. The number of hydrogen-bond donors (Lipinski definition) is 2. The molecule has 1 unspecified atom stereocenters. The van der Waals surface area contributed by atoms with Gasteiger partial charge in [0.1, 0.15) is 6.04 Å². The number of likely N-dealkylation sites (tertiary alicyclic amines) is 1. The third kappa shape index (κ3) is 3.69. The number of carboxylic acids is 1. The van der Waals surface area contributed by atoms with Gasteiger partial charge >= 0.3 is 12.0 Å². The average molecular weight is 296 g/mol. The van der Waals surface area contributed by atoms with Gasteiger partial charge in [-0.25, -0.2) is 9.59 Å². The molecule has 2 fully saturated rings. The molecule has 2 N–H and O–H groups in total. The van der Waals surface area contributed by atoms with Crippen LogP contribution in [0, 0.1) is 11.3 Å². The van der Waals surface area contributed by atoms with Crippen LogP contribution in [-0.2, 0) is 4.79 Å². The van der Waals surface area contributed by atoms with Gasteiger partial charge in [0.25, 0.3) is 0 Å². The maximum absolute atomic E-state index is 12.5. The molecular formula is C16H28N2O3. The van der Waals surface area contributed by atoms with E-state index in [1.807, 2.05) is 25.7 Å². The molecule has 0 spiro atoms. The SMILES string of the molecule is CC(C)(C)[C@@H](NC(=O)N1CCCC1C1CCCC1)C(=O)O. The quantitative estimate of drug-likeness (QED) is 0.841. The first-order valence-corrected chi connectivity index (χ1v) is 8.10. The van der Waals surface area contributed by atoms with Crippen LogP contribution in [-0.4, -0.2) is 40.6 Å². The highest BCUT2D eigenvalue weighted by Crippen LogP contribution is 2.35. The van der Waals surface area contributed by atoms with Crippen molar-refractivity contribution < 1.29 is 14.7 Å². The lowest BCUT2D eigenvalue weighted by molar-refractivity contribution is -0.142. The average Bonchev–Trinajstić information content (AvgIpc) is 3.02. The summed E-state index contributed by atoms with van der Waals surface area (Å²) in [6.07, 6.45) is 7.02. The number of carbonyl (C=O) groups excluding carboxylic acids is 1. The molecule has 21 heavy (non-hydrogen) atoms. The van der Waals surface area contributed by atoms with Gasteiger partial charge in [-0.3, -0.25) is 0 Å². The molecule has 0 aromatic heterocycles. The lowest BCUT2D eigenvalue weighted by atomic mass is 9.87. The zero-order chi connectivity index (χ0) is 15.6. The van der Waals surface area contributed by atoms with Crippen LogP contribution in [0.1, 0.15) is 59.3 Å². The van der Waals surface area contributed by atoms with Crippen molar-refractivity contribution in [3.63, 3.8) is 0 Å². The van der Waals surface area contributed by atoms with Crippen molar-refractivity contribution >= 4 is 12.0 Å². The minimum absolute atomic E-state index is 0.202. The van der Waals surface area contributed by atoms with Crippen LogP contribution in [0.5, 0.6) is 0 Å². The van der Waals surface area contributed by atoms with E-state index in [1.54, 1.807) is 0 Å². The van der Waals surface area contributed by atoms with Gasteiger partial charge in [-0.15, -0.1) is 0 Å². The molecule has 2 atom stereocenters. The van der Waals surface area contributed by atoms with E-state index >= 15 is 0 Å². The van der Waals surface area contributed by atoms with Crippen molar-refractivity contribution in [2.75, 3.05) is 6.54 Å². The van der Waals surface area contributed by atoms with Crippen molar-refractivity contribution in [3.05, 3.63) is 0 Å². The van der Waals surface area contributed by atoms with Gasteiger partial charge in [0.2, 0.25) is 0 Å². The highest BCUT2D eigenvalue weighted by atomic mass is 16.4. The van der Waals surface area contributed by atoms with Crippen LogP contribution in [0.4, 0.5) is 4.79 Å². The predicted octanol–water partition coefficient (Wildman–Crippen LogP) is 2.85. The molecule has 1 aliphatic carbocycles. The Morgan fingerprint density at radius 3 is 2.29 bits per heavy atom. The Hall–Kier alpha value is -1.26. The fourth-order valence-corrected chi connectivity index (χ4v) is 3.73. The first kappa shape index (κ1) is 16.1. The number of aliphatic carboxylic acids is 1. The van der Waals surface area contributed by atoms with E-state index in [0.29, 0.717) is 12.0 Å². The normalized spacial score (nSPS) is 25.1. The molecule has 0 bridgehead atoms.